The van der Waals surface area contributed by atoms with Crippen LogP contribution in [0.4, 0.5) is 0 Å². The van der Waals surface area contributed by atoms with Crippen LogP contribution in [-0.4, -0.2) is 65.9 Å². The third-order valence-corrected chi connectivity index (χ3v) is 8.37. The minimum Gasteiger partial charge on any atom is -0.466 e. The van der Waals surface area contributed by atoms with Crippen molar-refractivity contribution in [3.63, 3.8) is 0 Å². The predicted octanol–water partition coefficient (Wildman–Crippen LogP) is 5.31. The average molecular weight is 584 g/mol. The van der Waals surface area contributed by atoms with Crippen molar-refractivity contribution in [2.45, 2.75) is 64.5 Å². The molecule has 3 aromatic carbocycles. The molecule has 0 radical (unpaired) electrons. The van der Waals surface area contributed by atoms with Gasteiger partial charge in [-0.2, -0.15) is 0 Å². The molecule has 0 aromatic heterocycles. The van der Waals surface area contributed by atoms with E-state index in [0.29, 0.717) is 51.8 Å². The van der Waals surface area contributed by atoms with Gasteiger partial charge in [0.05, 0.1) is 12.0 Å². The third-order valence-electron chi connectivity index (χ3n) is 8.37. The lowest BCUT2D eigenvalue weighted by molar-refractivity contribution is -0.161. The second-order valence-corrected chi connectivity index (χ2v) is 12.4. The van der Waals surface area contributed by atoms with Gasteiger partial charge in [0.2, 0.25) is 11.8 Å². The zero-order valence-corrected chi connectivity index (χ0v) is 25.9. The Morgan fingerprint density at radius 1 is 0.977 bits per heavy atom. The molecule has 1 heterocycles. The molecule has 0 unspecified atom stereocenters. The van der Waals surface area contributed by atoms with Gasteiger partial charge in [-0.05, 0) is 74.4 Å². The molecule has 1 saturated heterocycles. The van der Waals surface area contributed by atoms with Crippen LogP contribution < -0.4 is 5.73 Å². The molecule has 2 amide bonds. The molecule has 7 nitrogen and oxygen atoms in total. The summed E-state index contributed by atoms with van der Waals surface area (Å²) in [6, 6.07) is 23.5. The fourth-order valence-electron chi connectivity index (χ4n) is 5.80. The van der Waals surface area contributed by atoms with E-state index in [-0.39, 0.29) is 17.8 Å². The molecule has 1 aliphatic heterocycles. The van der Waals surface area contributed by atoms with E-state index in [1.54, 1.807) is 13.1 Å². The van der Waals surface area contributed by atoms with Crippen LogP contribution in [0.5, 0.6) is 0 Å². The van der Waals surface area contributed by atoms with Crippen LogP contribution in [0, 0.1) is 5.41 Å². The molecule has 4 rings (SSSR count). The highest BCUT2D eigenvalue weighted by Gasteiger charge is 2.44. The summed E-state index contributed by atoms with van der Waals surface area (Å²) in [5.74, 6) is -0.571. The summed E-state index contributed by atoms with van der Waals surface area (Å²) in [6.07, 6.45) is 5.77. The zero-order chi connectivity index (χ0) is 31.0. The number of ether oxygens (including phenoxy) is 1. The fourth-order valence-corrected chi connectivity index (χ4v) is 5.80. The monoisotopic (exact) mass is 583 g/mol. The summed E-state index contributed by atoms with van der Waals surface area (Å²) in [5.41, 5.74) is 7.01. The van der Waals surface area contributed by atoms with Gasteiger partial charge in [0.15, 0.2) is 0 Å². The first-order valence-electron chi connectivity index (χ1n) is 15.2. The first-order valence-corrected chi connectivity index (χ1v) is 15.2. The van der Waals surface area contributed by atoms with Gasteiger partial charge in [0, 0.05) is 32.1 Å². The first kappa shape index (κ1) is 32.0. The number of carbonyl (C=O) groups is 3. The highest BCUT2D eigenvalue weighted by molar-refractivity contribution is 5.93. The van der Waals surface area contributed by atoms with Crippen LogP contribution in [0.2, 0.25) is 0 Å². The van der Waals surface area contributed by atoms with Crippen LogP contribution in [0.25, 0.3) is 10.8 Å². The number of likely N-dealkylation sites (N-methyl/N-ethyl adjacent to an activating group) is 1. The van der Waals surface area contributed by atoms with Crippen LogP contribution in [0.3, 0.4) is 0 Å². The summed E-state index contributed by atoms with van der Waals surface area (Å²) >= 11 is 0. The van der Waals surface area contributed by atoms with E-state index in [2.05, 4.69) is 18.2 Å². The van der Waals surface area contributed by atoms with Crippen molar-refractivity contribution in [3.8, 4) is 0 Å². The number of nitrogens with two attached hydrogens (primary N) is 1. The first-order chi connectivity index (χ1) is 20.5. The van der Waals surface area contributed by atoms with Gasteiger partial charge in [-0.1, -0.05) is 78.9 Å². The van der Waals surface area contributed by atoms with Crippen molar-refractivity contribution in [1.29, 1.82) is 0 Å². The van der Waals surface area contributed by atoms with Crippen molar-refractivity contribution in [2.24, 2.45) is 11.1 Å². The zero-order valence-electron chi connectivity index (χ0n) is 25.9. The van der Waals surface area contributed by atoms with Gasteiger partial charge >= 0.3 is 5.97 Å². The molecule has 43 heavy (non-hydrogen) atoms. The molecule has 0 aliphatic carbocycles. The molecular formula is C36H45N3O4. The van der Waals surface area contributed by atoms with E-state index in [9.17, 15) is 14.4 Å². The van der Waals surface area contributed by atoms with Gasteiger partial charge in [-0.15, -0.1) is 0 Å². The van der Waals surface area contributed by atoms with E-state index >= 15 is 0 Å². The maximum absolute atomic E-state index is 14.2. The lowest BCUT2D eigenvalue weighted by Crippen LogP contribution is -2.54. The number of hydrogen-bond acceptors (Lipinski definition) is 5. The summed E-state index contributed by atoms with van der Waals surface area (Å²) < 4.78 is 5.53. The van der Waals surface area contributed by atoms with E-state index in [4.69, 9.17) is 10.5 Å². The average Bonchev–Trinajstić information content (AvgIpc) is 2.99. The number of nitrogens with zero attached hydrogens (tertiary/aromatic N) is 2. The number of piperidine rings is 1. The highest BCUT2D eigenvalue weighted by atomic mass is 16.5. The standard InChI is InChI=1S/C36H45N3O4/c1-5-43-34(42)36(26-27-12-7-6-8-13-27)20-22-39(23-21-36)33(41)31(38(4)32(40)16-11-19-35(2,3)37)25-28-17-18-29-14-9-10-15-30(29)24-28/h6-18,24,31H,5,19-23,25-26,37H2,1-4H3/t31-/m1/s1. The predicted molar refractivity (Wildman–Crippen MR) is 171 cm³/mol. The van der Waals surface area contributed by atoms with Crippen molar-refractivity contribution in [2.75, 3.05) is 26.7 Å². The molecule has 1 fully saturated rings. The van der Waals surface area contributed by atoms with Crippen LogP contribution >= 0.6 is 0 Å². The van der Waals surface area contributed by atoms with Gasteiger partial charge in [0.1, 0.15) is 6.04 Å². The summed E-state index contributed by atoms with van der Waals surface area (Å²) in [7, 11) is 1.69. The number of hydrogen-bond donors (Lipinski definition) is 1. The lowest BCUT2D eigenvalue weighted by Gasteiger charge is -2.42. The van der Waals surface area contributed by atoms with E-state index in [1.807, 2.05) is 80.3 Å². The number of likely N-dealkylation sites (tertiary alicyclic amines) is 1. The molecule has 3 aromatic rings. The van der Waals surface area contributed by atoms with E-state index in [0.717, 1.165) is 21.9 Å². The molecule has 1 aliphatic rings. The van der Waals surface area contributed by atoms with Crippen LogP contribution in [-0.2, 0) is 32.0 Å². The van der Waals surface area contributed by atoms with Crippen molar-refractivity contribution >= 4 is 28.6 Å². The Morgan fingerprint density at radius 3 is 2.28 bits per heavy atom. The number of rotatable bonds is 11. The molecule has 7 heteroatoms. The highest BCUT2D eigenvalue weighted by Crippen LogP contribution is 2.37. The minimum absolute atomic E-state index is 0.117. The van der Waals surface area contributed by atoms with E-state index < -0.39 is 17.0 Å². The number of carbonyl (C=O) groups excluding carboxylic acids is 3. The summed E-state index contributed by atoms with van der Waals surface area (Å²) in [6.45, 7) is 6.77. The third kappa shape index (κ3) is 8.32. The number of esters is 1. The maximum Gasteiger partial charge on any atom is 0.312 e. The molecule has 1 atom stereocenters. The smallest absolute Gasteiger partial charge is 0.312 e. The normalized spacial score (nSPS) is 15.8. The largest absolute Gasteiger partial charge is 0.466 e. The van der Waals surface area contributed by atoms with Crippen molar-refractivity contribution < 1.29 is 19.1 Å². The van der Waals surface area contributed by atoms with Gasteiger partial charge in [-0.25, -0.2) is 0 Å². The van der Waals surface area contributed by atoms with Gasteiger partial charge < -0.3 is 20.3 Å². The minimum atomic E-state index is -0.701. The van der Waals surface area contributed by atoms with Gasteiger partial charge in [0.25, 0.3) is 0 Å². The number of amides is 2. The molecule has 0 spiro atoms. The fraction of sp³-hybridized carbons (Fsp3) is 0.417. The molecule has 0 saturated carbocycles. The van der Waals surface area contributed by atoms with Crippen LogP contribution in [0.1, 0.15) is 51.2 Å². The number of benzene rings is 3. The van der Waals surface area contributed by atoms with E-state index in [1.165, 1.54) is 11.0 Å². The Bertz CT molecular complexity index is 1440. The number of fused-ring (bicyclic) bond motifs is 1. The Morgan fingerprint density at radius 2 is 1.63 bits per heavy atom. The maximum atomic E-state index is 14.2. The second kappa shape index (κ2) is 14.0. The Balaban J connectivity index is 1.56. The lowest BCUT2D eigenvalue weighted by atomic mass is 9.73. The van der Waals surface area contributed by atoms with Crippen LogP contribution in [0.15, 0.2) is 84.9 Å². The Hall–Kier alpha value is -3.97. The Labute approximate surface area is 255 Å². The summed E-state index contributed by atoms with van der Waals surface area (Å²) in [5, 5.41) is 2.21. The van der Waals surface area contributed by atoms with Gasteiger partial charge in [-0.3, -0.25) is 14.4 Å². The quantitative estimate of drug-likeness (QED) is 0.244. The van der Waals surface area contributed by atoms with Crippen molar-refractivity contribution in [1.82, 2.24) is 9.80 Å². The SMILES string of the molecule is CCOC(=O)C1(Cc2ccccc2)CCN(C(=O)[C@@H](Cc2ccc3ccccc3c2)N(C)C(=O)C=CCC(C)(C)N)CC1. The van der Waals surface area contributed by atoms with Crippen molar-refractivity contribution in [3.05, 3.63) is 96.1 Å². The molecular weight excluding hydrogens is 538 g/mol. The molecule has 0 bridgehead atoms. The topological polar surface area (TPSA) is 92.9 Å². The second-order valence-electron chi connectivity index (χ2n) is 12.4. The molecule has 228 valence electrons. The molecule has 2 N–H and O–H groups in total. The Kier molecular flexibility index (Phi) is 10.4. The summed E-state index contributed by atoms with van der Waals surface area (Å²) in [4.78, 5) is 44.1.